The molecule has 0 radical (unpaired) electrons. The Hall–Kier alpha value is -1.91. The Labute approximate surface area is 87.4 Å². The maximum atomic E-state index is 12.0. The Morgan fingerprint density at radius 1 is 1.40 bits per heavy atom. The monoisotopic (exact) mass is 204 g/mol. The van der Waals surface area contributed by atoms with E-state index in [0.717, 1.165) is 5.82 Å². The van der Waals surface area contributed by atoms with E-state index in [1.54, 1.807) is 34.8 Å². The first-order valence-electron chi connectivity index (χ1n) is 4.62. The fraction of sp³-hybridized carbons (Fsp3) is 0.300. The van der Waals surface area contributed by atoms with Crippen LogP contribution in [-0.4, -0.2) is 25.1 Å². The summed E-state index contributed by atoms with van der Waals surface area (Å²) in [5.41, 5.74) is 1.01. The molecule has 0 aliphatic carbocycles. The summed E-state index contributed by atoms with van der Waals surface area (Å²) in [5.74, 6) is 0.716. The van der Waals surface area contributed by atoms with E-state index in [2.05, 4.69) is 10.1 Å². The van der Waals surface area contributed by atoms with Crippen molar-refractivity contribution in [1.82, 2.24) is 19.3 Å². The van der Waals surface area contributed by atoms with Crippen molar-refractivity contribution in [1.29, 1.82) is 0 Å². The smallest absolute Gasteiger partial charge is 0.231 e. The van der Waals surface area contributed by atoms with Gasteiger partial charge in [-0.05, 0) is 13.0 Å². The molecule has 0 aliphatic heterocycles. The van der Waals surface area contributed by atoms with Gasteiger partial charge in [0.1, 0.15) is 17.2 Å². The van der Waals surface area contributed by atoms with Crippen LogP contribution in [0.4, 0.5) is 0 Å². The topological polar surface area (TPSA) is 52.7 Å². The van der Waals surface area contributed by atoms with Crippen molar-refractivity contribution in [2.75, 3.05) is 0 Å². The maximum absolute atomic E-state index is 12.0. The lowest BCUT2D eigenvalue weighted by molar-refractivity contribution is 0.102. The average molecular weight is 204 g/mol. The second kappa shape index (κ2) is 3.34. The molecule has 0 unspecified atom stereocenters. The SMILES string of the molecule is Cc1ncc(C(=O)c2ccn(C)n2)n1C. The van der Waals surface area contributed by atoms with Gasteiger partial charge in [0.25, 0.3) is 0 Å². The number of aryl methyl sites for hydroxylation is 2. The number of ketones is 1. The van der Waals surface area contributed by atoms with E-state index in [-0.39, 0.29) is 5.78 Å². The number of rotatable bonds is 2. The maximum Gasteiger partial charge on any atom is 0.231 e. The number of carbonyl (C=O) groups is 1. The Balaban J connectivity index is 2.41. The molecular formula is C10H12N4O. The van der Waals surface area contributed by atoms with E-state index in [9.17, 15) is 4.79 Å². The van der Waals surface area contributed by atoms with E-state index < -0.39 is 0 Å². The van der Waals surface area contributed by atoms with Crippen LogP contribution < -0.4 is 0 Å². The summed E-state index contributed by atoms with van der Waals surface area (Å²) < 4.78 is 3.37. The molecular weight excluding hydrogens is 192 g/mol. The van der Waals surface area contributed by atoms with E-state index >= 15 is 0 Å². The first-order valence-corrected chi connectivity index (χ1v) is 4.62. The number of carbonyl (C=O) groups excluding carboxylic acids is 1. The van der Waals surface area contributed by atoms with Crippen LogP contribution in [0.3, 0.4) is 0 Å². The average Bonchev–Trinajstić information content (AvgIpc) is 2.75. The van der Waals surface area contributed by atoms with E-state index in [0.29, 0.717) is 11.4 Å². The predicted molar refractivity (Wildman–Crippen MR) is 54.6 cm³/mol. The van der Waals surface area contributed by atoms with Crippen LogP contribution in [0.2, 0.25) is 0 Å². The van der Waals surface area contributed by atoms with Gasteiger partial charge in [0.15, 0.2) is 0 Å². The Kier molecular flexibility index (Phi) is 2.15. The van der Waals surface area contributed by atoms with Crippen molar-refractivity contribution < 1.29 is 4.79 Å². The summed E-state index contributed by atoms with van der Waals surface area (Å²) >= 11 is 0. The van der Waals surface area contributed by atoms with Crippen LogP contribution in [0.1, 0.15) is 22.0 Å². The molecule has 0 N–H and O–H groups in total. The second-order valence-corrected chi connectivity index (χ2v) is 3.45. The summed E-state index contributed by atoms with van der Waals surface area (Å²) in [4.78, 5) is 16.0. The summed E-state index contributed by atoms with van der Waals surface area (Å²) in [6, 6.07) is 1.70. The van der Waals surface area contributed by atoms with Crippen molar-refractivity contribution >= 4 is 5.78 Å². The fourth-order valence-corrected chi connectivity index (χ4v) is 1.38. The van der Waals surface area contributed by atoms with Crippen molar-refractivity contribution in [2.24, 2.45) is 14.1 Å². The van der Waals surface area contributed by atoms with Crippen LogP contribution in [-0.2, 0) is 14.1 Å². The van der Waals surface area contributed by atoms with E-state index in [4.69, 9.17) is 0 Å². The lowest BCUT2D eigenvalue weighted by atomic mass is 10.2. The van der Waals surface area contributed by atoms with Crippen molar-refractivity contribution in [2.45, 2.75) is 6.92 Å². The van der Waals surface area contributed by atoms with Crippen LogP contribution in [0.5, 0.6) is 0 Å². The molecule has 0 aromatic carbocycles. The van der Waals surface area contributed by atoms with Crippen molar-refractivity contribution in [3.63, 3.8) is 0 Å². The number of nitrogens with zero attached hydrogens (tertiary/aromatic N) is 4. The van der Waals surface area contributed by atoms with Gasteiger partial charge in [-0.1, -0.05) is 0 Å². The molecule has 2 heterocycles. The molecule has 5 heteroatoms. The minimum Gasteiger partial charge on any atom is -0.329 e. The third kappa shape index (κ3) is 1.56. The second-order valence-electron chi connectivity index (χ2n) is 3.45. The molecule has 0 atom stereocenters. The molecule has 0 bridgehead atoms. The molecule has 78 valence electrons. The molecule has 2 rings (SSSR count). The highest BCUT2D eigenvalue weighted by Gasteiger charge is 2.16. The van der Waals surface area contributed by atoms with Crippen LogP contribution >= 0.6 is 0 Å². The van der Waals surface area contributed by atoms with Crippen LogP contribution in [0, 0.1) is 6.92 Å². The highest BCUT2D eigenvalue weighted by Crippen LogP contribution is 2.08. The molecule has 0 saturated heterocycles. The predicted octanol–water partition coefficient (Wildman–Crippen LogP) is 0.693. The van der Waals surface area contributed by atoms with Gasteiger partial charge in [-0.2, -0.15) is 5.10 Å². The van der Waals surface area contributed by atoms with Gasteiger partial charge >= 0.3 is 0 Å². The lowest BCUT2D eigenvalue weighted by Crippen LogP contribution is -2.09. The van der Waals surface area contributed by atoms with Gasteiger partial charge in [-0.3, -0.25) is 9.48 Å². The third-order valence-corrected chi connectivity index (χ3v) is 2.40. The number of aromatic nitrogens is 4. The van der Waals surface area contributed by atoms with Crippen molar-refractivity contribution in [3.05, 3.63) is 35.7 Å². The molecule has 0 spiro atoms. The largest absolute Gasteiger partial charge is 0.329 e. The quantitative estimate of drug-likeness (QED) is 0.676. The highest BCUT2D eigenvalue weighted by atomic mass is 16.1. The Bertz CT molecular complexity index is 509. The lowest BCUT2D eigenvalue weighted by Gasteiger charge is -1.99. The molecule has 15 heavy (non-hydrogen) atoms. The molecule has 2 aromatic rings. The van der Waals surface area contributed by atoms with E-state index in [1.807, 2.05) is 14.0 Å². The molecule has 5 nitrogen and oxygen atoms in total. The zero-order valence-corrected chi connectivity index (χ0v) is 8.93. The zero-order chi connectivity index (χ0) is 11.0. The van der Waals surface area contributed by atoms with Crippen LogP contribution in [0.15, 0.2) is 18.5 Å². The first kappa shape index (κ1) is 9.64. The van der Waals surface area contributed by atoms with E-state index in [1.165, 1.54) is 0 Å². The number of imidazole rings is 1. The highest BCUT2D eigenvalue weighted by molar-refractivity contribution is 6.06. The Morgan fingerprint density at radius 3 is 2.60 bits per heavy atom. The summed E-state index contributed by atoms with van der Waals surface area (Å²) in [5, 5.41) is 4.06. The normalized spacial score (nSPS) is 10.6. The van der Waals surface area contributed by atoms with Gasteiger partial charge in [-0.15, -0.1) is 0 Å². The molecule has 0 amide bonds. The summed E-state index contributed by atoms with van der Waals surface area (Å²) in [6.45, 7) is 1.86. The van der Waals surface area contributed by atoms with Gasteiger partial charge in [0, 0.05) is 20.3 Å². The minimum atomic E-state index is -0.0984. The van der Waals surface area contributed by atoms with Crippen LogP contribution in [0.25, 0.3) is 0 Å². The van der Waals surface area contributed by atoms with Gasteiger partial charge in [-0.25, -0.2) is 4.98 Å². The number of hydrogen-bond donors (Lipinski definition) is 0. The molecule has 2 aromatic heterocycles. The third-order valence-electron chi connectivity index (χ3n) is 2.40. The molecule has 0 saturated carbocycles. The molecule has 0 aliphatic rings. The first-order chi connectivity index (χ1) is 7.09. The van der Waals surface area contributed by atoms with Gasteiger partial charge in [0.05, 0.1) is 6.20 Å². The van der Waals surface area contributed by atoms with Gasteiger partial charge in [0.2, 0.25) is 5.78 Å². The number of hydrogen-bond acceptors (Lipinski definition) is 3. The van der Waals surface area contributed by atoms with Crippen molar-refractivity contribution in [3.8, 4) is 0 Å². The zero-order valence-electron chi connectivity index (χ0n) is 8.93. The fourth-order valence-electron chi connectivity index (χ4n) is 1.38. The standard InChI is InChI=1S/C10H12N4O/c1-7-11-6-9(14(7)3)10(15)8-4-5-13(2)12-8/h4-6H,1-3H3. The van der Waals surface area contributed by atoms with Gasteiger partial charge < -0.3 is 4.57 Å². The Morgan fingerprint density at radius 2 is 2.13 bits per heavy atom. The molecule has 0 fully saturated rings. The summed E-state index contributed by atoms with van der Waals surface area (Å²) in [6.07, 6.45) is 3.32. The minimum absolute atomic E-state index is 0.0984. The summed E-state index contributed by atoms with van der Waals surface area (Å²) in [7, 11) is 3.60.